The Bertz CT molecular complexity index is 687. The summed E-state index contributed by atoms with van der Waals surface area (Å²) >= 11 is 0. The number of hydrogen-bond acceptors (Lipinski definition) is 2. The Morgan fingerprint density at radius 3 is 2.04 bits per heavy atom. The summed E-state index contributed by atoms with van der Waals surface area (Å²) in [7, 11) is 0. The normalized spacial score (nSPS) is 10.8. The molecule has 24 heavy (non-hydrogen) atoms. The molecule has 0 saturated heterocycles. The number of carbonyl (C=O) groups is 1. The van der Waals surface area contributed by atoms with E-state index in [0.717, 1.165) is 60.8 Å². The van der Waals surface area contributed by atoms with Gasteiger partial charge < -0.3 is 10.2 Å². The minimum atomic E-state index is -0.915. The van der Waals surface area contributed by atoms with Crippen LogP contribution in [-0.4, -0.2) is 16.2 Å². The van der Waals surface area contributed by atoms with Crippen LogP contribution in [-0.2, 0) is 12.8 Å². The molecule has 0 bridgehead atoms. The molecule has 0 aliphatic rings. The van der Waals surface area contributed by atoms with Crippen LogP contribution < -0.4 is 0 Å². The third-order valence-electron chi connectivity index (χ3n) is 4.35. The van der Waals surface area contributed by atoms with E-state index in [9.17, 15) is 9.90 Å². The largest absolute Gasteiger partial charge is 0.508 e. The Kier molecular flexibility index (Phi) is 6.42. The number of carboxylic acid groups (broad SMARTS) is 1. The van der Waals surface area contributed by atoms with Crippen LogP contribution in [0.2, 0.25) is 0 Å². The first kappa shape index (κ1) is 18.1. The summed E-state index contributed by atoms with van der Waals surface area (Å²) in [5.74, 6) is -0.539. The molecule has 0 spiro atoms. The molecule has 0 heterocycles. The molecular formula is C21H26O3. The summed E-state index contributed by atoms with van der Waals surface area (Å²) in [5.41, 5.74) is 4.49. The minimum absolute atomic E-state index is 0.291. The standard InChI is InChI=1S/C21H26O3/c1-3-5-7-17-14-20(22)18(8-6-4-2)13-19(17)15-9-11-16(12-10-15)21(23)24/h9-14,22H,3-8H2,1-2H3,(H,23,24). The van der Waals surface area contributed by atoms with Crippen molar-refractivity contribution in [1.82, 2.24) is 0 Å². The van der Waals surface area contributed by atoms with Crippen molar-refractivity contribution < 1.29 is 15.0 Å². The van der Waals surface area contributed by atoms with E-state index in [-0.39, 0.29) is 0 Å². The van der Waals surface area contributed by atoms with Crippen molar-refractivity contribution in [3.63, 3.8) is 0 Å². The third kappa shape index (κ3) is 4.38. The van der Waals surface area contributed by atoms with E-state index in [0.29, 0.717) is 11.3 Å². The van der Waals surface area contributed by atoms with E-state index in [1.54, 1.807) is 12.1 Å². The van der Waals surface area contributed by atoms with Crippen molar-refractivity contribution in [3.05, 3.63) is 53.1 Å². The summed E-state index contributed by atoms with van der Waals surface area (Å²) in [5, 5.41) is 19.4. The van der Waals surface area contributed by atoms with Crippen LogP contribution in [0.1, 0.15) is 61.0 Å². The van der Waals surface area contributed by atoms with Crippen LogP contribution in [0.5, 0.6) is 5.75 Å². The van der Waals surface area contributed by atoms with Crippen molar-refractivity contribution in [2.75, 3.05) is 0 Å². The van der Waals surface area contributed by atoms with Gasteiger partial charge in [-0.3, -0.25) is 0 Å². The molecule has 0 saturated carbocycles. The highest BCUT2D eigenvalue weighted by molar-refractivity contribution is 5.88. The predicted molar refractivity (Wildman–Crippen MR) is 97.7 cm³/mol. The van der Waals surface area contributed by atoms with Gasteiger partial charge in [-0.2, -0.15) is 0 Å². The lowest BCUT2D eigenvalue weighted by Crippen LogP contribution is -1.97. The number of hydrogen-bond donors (Lipinski definition) is 2. The van der Waals surface area contributed by atoms with Gasteiger partial charge in [-0.1, -0.05) is 38.8 Å². The molecule has 2 rings (SSSR count). The number of aromatic carboxylic acids is 1. The highest BCUT2D eigenvalue weighted by Gasteiger charge is 2.12. The number of aryl methyl sites for hydroxylation is 2. The molecule has 0 aliphatic heterocycles. The van der Waals surface area contributed by atoms with Crippen molar-refractivity contribution in [1.29, 1.82) is 0 Å². The zero-order valence-electron chi connectivity index (χ0n) is 14.5. The monoisotopic (exact) mass is 326 g/mol. The van der Waals surface area contributed by atoms with Gasteiger partial charge in [0.25, 0.3) is 0 Å². The van der Waals surface area contributed by atoms with Crippen molar-refractivity contribution >= 4 is 5.97 Å². The SMILES string of the molecule is CCCCc1cc(-c2ccc(C(=O)O)cc2)c(CCCC)cc1O. The summed E-state index contributed by atoms with van der Waals surface area (Å²) in [6.07, 6.45) is 6.05. The molecule has 0 aromatic heterocycles. The van der Waals surface area contributed by atoms with E-state index in [4.69, 9.17) is 5.11 Å². The predicted octanol–water partition coefficient (Wildman–Crippen LogP) is 5.44. The number of aromatic hydroxyl groups is 1. The van der Waals surface area contributed by atoms with Gasteiger partial charge in [-0.15, -0.1) is 0 Å². The second kappa shape index (κ2) is 8.53. The lowest BCUT2D eigenvalue weighted by atomic mass is 9.92. The number of benzene rings is 2. The summed E-state index contributed by atoms with van der Waals surface area (Å²) < 4.78 is 0. The number of phenolic OH excluding ortho intramolecular Hbond substituents is 1. The molecule has 2 aromatic rings. The van der Waals surface area contributed by atoms with Crippen LogP contribution in [0.4, 0.5) is 0 Å². The molecular weight excluding hydrogens is 300 g/mol. The van der Waals surface area contributed by atoms with Crippen LogP contribution in [0.3, 0.4) is 0 Å². The molecule has 2 N–H and O–H groups in total. The van der Waals surface area contributed by atoms with Crippen molar-refractivity contribution in [3.8, 4) is 16.9 Å². The topological polar surface area (TPSA) is 57.5 Å². The highest BCUT2D eigenvalue weighted by atomic mass is 16.4. The number of phenols is 1. The van der Waals surface area contributed by atoms with Gasteiger partial charge in [0.2, 0.25) is 0 Å². The van der Waals surface area contributed by atoms with Crippen LogP contribution >= 0.6 is 0 Å². The van der Waals surface area contributed by atoms with E-state index in [1.165, 1.54) is 0 Å². The van der Waals surface area contributed by atoms with Crippen LogP contribution in [0.15, 0.2) is 36.4 Å². The first-order valence-corrected chi connectivity index (χ1v) is 8.75. The lowest BCUT2D eigenvalue weighted by molar-refractivity contribution is 0.0697. The van der Waals surface area contributed by atoms with Gasteiger partial charge >= 0.3 is 5.97 Å². The van der Waals surface area contributed by atoms with E-state index < -0.39 is 5.97 Å². The molecule has 3 heteroatoms. The molecule has 0 fully saturated rings. The smallest absolute Gasteiger partial charge is 0.335 e. The fourth-order valence-corrected chi connectivity index (χ4v) is 2.88. The minimum Gasteiger partial charge on any atom is -0.508 e. The van der Waals surface area contributed by atoms with Gasteiger partial charge in [0.1, 0.15) is 5.75 Å². The van der Waals surface area contributed by atoms with Crippen molar-refractivity contribution in [2.45, 2.75) is 52.4 Å². The maximum Gasteiger partial charge on any atom is 0.335 e. The third-order valence-corrected chi connectivity index (χ3v) is 4.35. The summed E-state index contributed by atoms with van der Waals surface area (Å²) in [6, 6.07) is 11.0. The van der Waals surface area contributed by atoms with Gasteiger partial charge in [-0.05, 0) is 72.2 Å². The molecule has 2 aromatic carbocycles. The van der Waals surface area contributed by atoms with Gasteiger partial charge in [0.05, 0.1) is 5.56 Å². The molecule has 0 aliphatic carbocycles. The Morgan fingerprint density at radius 1 is 0.917 bits per heavy atom. The average molecular weight is 326 g/mol. The Hall–Kier alpha value is -2.29. The fourth-order valence-electron chi connectivity index (χ4n) is 2.88. The first-order chi connectivity index (χ1) is 11.6. The fraction of sp³-hybridized carbons (Fsp3) is 0.381. The summed E-state index contributed by atoms with van der Waals surface area (Å²) in [4.78, 5) is 11.0. The number of rotatable bonds is 8. The van der Waals surface area contributed by atoms with Gasteiger partial charge in [0.15, 0.2) is 0 Å². The Balaban J connectivity index is 2.44. The van der Waals surface area contributed by atoms with Gasteiger partial charge in [0, 0.05) is 0 Å². The quantitative estimate of drug-likeness (QED) is 0.679. The molecule has 0 unspecified atom stereocenters. The molecule has 0 amide bonds. The van der Waals surface area contributed by atoms with Gasteiger partial charge in [-0.25, -0.2) is 4.79 Å². The zero-order chi connectivity index (χ0) is 17.5. The molecule has 0 radical (unpaired) electrons. The first-order valence-electron chi connectivity index (χ1n) is 8.75. The van der Waals surface area contributed by atoms with E-state index >= 15 is 0 Å². The van der Waals surface area contributed by atoms with Crippen molar-refractivity contribution in [2.24, 2.45) is 0 Å². The summed E-state index contributed by atoms with van der Waals surface area (Å²) in [6.45, 7) is 4.29. The van der Waals surface area contributed by atoms with Crippen LogP contribution in [0.25, 0.3) is 11.1 Å². The maximum absolute atomic E-state index is 11.0. The number of carboxylic acids is 1. The maximum atomic E-state index is 11.0. The number of unbranched alkanes of at least 4 members (excludes halogenated alkanes) is 2. The second-order valence-corrected chi connectivity index (χ2v) is 6.23. The second-order valence-electron chi connectivity index (χ2n) is 6.23. The van der Waals surface area contributed by atoms with Crippen LogP contribution in [0, 0.1) is 0 Å². The highest BCUT2D eigenvalue weighted by Crippen LogP contribution is 2.32. The molecule has 128 valence electrons. The Labute approximate surface area is 144 Å². The average Bonchev–Trinajstić information content (AvgIpc) is 2.59. The zero-order valence-corrected chi connectivity index (χ0v) is 14.5. The van der Waals surface area contributed by atoms with E-state index in [2.05, 4.69) is 19.9 Å². The molecule has 0 atom stereocenters. The Morgan fingerprint density at radius 2 is 1.50 bits per heavy atom. The lowest BCUT2D eigenvalue weighted by Gasteiger charge is -2.14. The molecule has 3 nitrogen and oxygen atoms in total. The van der Waals surface area contributed by atoms with E-state index in [1.807, 2.05) is 18.2 Å².